The summed E-state index contributed by atoms with van der Waals surface area (Å²) in [7, 11) is 0. The molecule has 0 aromatic carbocycles. The summed E-state index contributed by atoms with van der Waals surface area (Å²) >= 11 is 0. The molecular formula is C24H39NO4. The van der Waals surface area contributed by atoms with Crippen molar-refractivity contribution in [3.8, 4) is 6.07 Å². The van der Waals surface area contributed by atoms with Crippen molar-refractivity contribution in [3.05, 3.63) is 12.2 Å². The predicted octanol–water partition coefficient (Wildman–Crippen LogP) is 5.48. The fraction of sp³-hybridized carbons (Fsp3) is 0.833. The molecule has 0 spiro atoms. The van der Waals surface area contributed by atoms with E-state index in [1.54, 1.807) is 6.08 Å². The Bertz CT molecular complexity index is 521. The topological polar surface area (TPSA) is 68.6 Å². The standard InChI is InChI=1S/C24H39NO4/c1-2-3-7-12-20(26)15-16-21-22(13-8-5-4-6-10-17-25)28-19-23(21)29-24-14-9-11-18-27-24/h15-16,21-24H,2-14,18-19H2,1H3/t21-,22-,23-,24?/m1/s1. The average molecular weight is 406 g/mol. The van der Waals surface area contributed by atoms with Gasteiger partial charge in [0, 0.05) is 25.4 Å². The van der Waals surface area contributed by atoms with Crippen LogP contribution in [0.5, 0.6) is 0 Å². The van der Waals surface area contributed by atoms with Crippen LogP contribution >= 0.6 is 0 Å². The fourth-order valence-corrected chi connectivity index (χ4v) is 4.10. The van der Waals surface area contributed by atoms with Gasteiger partial charge in [-0.3, -0.25) is 4.79 Å². The maximum absolute atomic E-state index is 12.2. The van der Waals surface area contributed by atoms with Crippen LogP contribution in [0.25, 0.3) is 0 Å². The largest absolute Gasteiger partial charge is 0.375 e. The molecule has 5 nitrogen and oxygen atoms in total. The Hall–Kier alpha value is -1.22. The molecule has 2 aliphatic heterocycles. The highest BCUT2D eigenvalue weighted by Gasteiger charge is 2.37. The smallest absolute Gasteiger partial charge is 0.158 e. The molecule has 0 bridgehead atoms. The second kappa shape index (κ2) is 14.7. The van der Waals surface area contributed by atoms with Crippen molar-refractivity contribution in [3.63, 3.8) is 0 Å². The van der Waals surface area contributed by atoms with Gasteiger partial charge in [-0.1, -0.05) is 45.1 Å². The number of hydrogen-bond donors (Lipinski definition) is 0. The van der Waals surface area contributed by atoms with Gasteiger partial charge < -0.3 is 14.2 Å². The summed E-state index contributed by atoms with van der Waals surface area (Å²) in [4.78, 5) is 12.2. The lowest BCUT2D eigenvalue weighted by Crippen LogP contribution is -2.33. The number of carbonyl (C=O) groups is 1. The zero-order valence-corrected chi connectivity index (χ0v) is 18.2. The van der Waals surface area contributed by atoms with Crippen LogP contribution in [0.3, 0.4) is 0 Å². The summed E-state index contributed by atoms with van der Waals surface area (Å²) in [6.45, 7) is 3.48. The van der Waals surface area contributed by atoms with Crippen LogP contribution in [0.15, 0.2) is 12.2 Å². The van der Waals surface area contributed by atoms with E-state index in [9.17, 15) is 4.79 Å². The van der Waals surface area contributed by atoms with Crippen LogP contribution in [0, 0.1) is 17.2 Å². The number of hydrogen-bond acceptors (Lipinski definition) is 5. The average Bonchev–Trinajstić information content (AvgIpc) is 3.11. The van der Waals surface area contributed by atoms with Crippen molar-refractivity contribution in [1.82, 2.24) is 0 Å². The zero-order valence-electron chi connectivity index (χ0n) is 18.2. The third-order valence-corrected chi connectivity index (χ3v) is 5.86. The van der Waals surface area contributed by atoms with Gasteiger partial charge in [0.1, 0.15) is 0 Å². The molecule has 0 aliphatic carbocycles. The lowest BCUT2D eigenvalue weighted by molar-refractivity contribution is -0.191. The summed E-state index contributed by atoms with van der Waals surface area (Å²) in [6.07, 6.45) is 16.6. The molecular weight excluding hydrogens is 366 g/mol. The molecule has 2 saturated heterocycles. The van der Waals surface area contributed by atoms with Crippen LogP contribution in [0.4, 0.5) is 0 Å². The van der Waals surface area contributed by atoms with Gasteiger partial charge in [0.15, 0.2) is 12.1 Å². The van der Waals surface area contributed by atoms with E-state index in [-0.39, 0.29) is 30.2 Å². The Morgan fingerprint density at radius 3 is 2.76 bits per heavy atom. The number of rotatable bonds is 14. The first-order chi connectivity index (χ1) is 14.2. The van der Waals surface area contributed by atoms with Gasteiger partial charge in [0.2, 0.25) is 0 Å². The maximum atomic E-state index is 12.2. The molecule has 2 rings (SSSR count). The van der Waals surface area contributed by atoms with Crippen LogP contribution in [0.1, 0.15) is 90.4 Å². The molecule has 4 atom stereocenters. The minimum absolute atomic E-state index is 0.0404. The highest BCUT2D eigenvalue weighted by molar-refractivity contribution is 5.89. The van der Waals surface area contributed by atoms with Crippen LogP contribution in [-0.2, 0) is 19.0 Å². The summed E-state index contributed by atoms with van der Waals surface area (Å²) < 4.78 is 18.1. The molecule has 0 radical (unpaired) electrons. The Kier molecular flexibility index (Phi) is 12.2. The number of allylic oxidation sites excluding steroid dienone is 1. The third-order valence-electron chi connectivity index (χ3n) is 5.86. The molecule has 0 amide bonds. The Morgan fingerprint density at radius 2 is 2.00 bits per heavy atom. The summed E-state index contributed by atoms with van der Waals surface area (Å²) in [5.41, 5.74) is 0. The van der Waals surface area contributed by atoms with Crippen molar-refractivity contribution in [2.45, 2.75) is 109 Å². The lowest BCUT2D eigenvalue weighted by atomic mass is 9.93. The maximum Gasteiger partial charge on any atom is 0.158 e. The van der Waals surface area contributed by atoms with Crippen LogP contribution < -0.4 is 0 Å². The fourth-order valence-electron chi connectivity index (χ4n) is 4.10. The SMILES string of the molecule is CCCCCC(=O)C=C[C@@H]1[C@@H](CCCCCCC#N)OC[C@H]1OC1CCCCO1. The number of ether oxygens (including phenoxy) is 3. The first-order valence-electron chi connectivity index (χ1n) is 11.7. The number of nitrogens with zero attached hydrogens (tertiary/aromatic N) is 1. The van der Waals surface area contributed by atoms with E-state index in [2.05, 4.69) is 13.0 Å². The van der Waals surface area contributed by atoms with E-state index >= 15 is 0 Å². The van der Waals surface area contributed by atoms with Crippen molar-refractivity contribution in [2.24, 2.45) is 5.92 Å². The molecule has 2 aliphatic rings. The van der Waals surface area contributed by atoms with Gasteiger partial charge in [0.05, 0.1) is 24.9 Å². The van der Waals surface area contributed by atoms with Gasteiger partial charge in [0.25, 0.3) is 0 Å². The first kappa shape index (κ1) is 24.1. The second-order valence-electron chi connectivity index (χ2n) is 8.31. The zero-order chi connectivity index (χ0) is 20.7. The monoisotopic (exact) mass is 405 g/mol. The van der Waals surface area contributed by atoms with E-state index in [1.165, 1.54) is 0 Å². The molecule has 0 N–H and O–H groups in total. The highest BCUT2D eigenvalue weighted by atomic mass is 16.7. The first-order valence-corrected chi connectivity index (χ1v) is 11.7. The van der Waals surface area contributed by atoms with Gasteiger partial charge in [-0.2, -0.15) is 5.26 Å². The molecule has 2 heterocycles. The number of unbranched alkanes of at least 4 members (excludes halogenated alkanes) is 6. The van der Waals surface area contributed by atoms with E-state index in [0.717, 1.165) is 77.2 Å². The molecule has 2 fully saturated rings. The normalized spacial score (nSPS) is 27.3. The Morgan fingerprint density at radius 1 is 1.14 bits per heavy atom. The minimum atomic E-state index is -0.141. The second-order valence-corrected chi connectivity index (χ2v) is 8.31. The molecule has 0 saturated carbocycles. The van der Waals surface area contributed by atoms with Crippen molar-refractivity contribution < 1.29 is 19.0 Å². The summed E-state index contributed by atoms with van der Waals surface area (Å²) in [5.74, 6) is 0.308. The molecule has 5 heteroatoms. The number of carbonyl (C=O) groups excluding carboxylic acids is 1. The highest BCUT2D eigenvalue weighted by Crippen LogP contribution is 2.31. The third kappa shape index (κ3) is 9.42. The quantitative estimate of drug-likeness (QED) is 0.283. The van der Waals surface area contributed by atoms with Gasteiger partial charge in [-0.15, -0.1) is 0 Å². The van der Waals surface area contributed by atoms with Crippen molar-refractivity contribution in [2.75, 3.05) is 13.2 Å². The Labute approximate surface area is 176 Å². The van der Waals surface area contributed by atoms with Gasteiger partial charge in [-0.05, 0) is 44.6 Å². The summed E-state index contributed by atoms with van der Waals surface area (Å²) in [6, 6.07) is 2.20. The van der Waals surface area contributed by atoms with E-state index in [1.807, 2.05) is 6.08 Å². The van der Waals surface area contributed by atoms with Crippen molar-refractivity contribution in [1.29, 1.82) is 5.26 Å². The molecule has 29 heavy (non-hydrogen) atoms. The molecule has 1 unspecified atom stereocenters. The van der Waals surface area contributed by atoms with Crippen LogP contribution in [0.2, 0.25) is 0 Å². The van der Waals surface area contributed by atoms with Gasteiger partial charge >= 0.3 is 0 Å². The lowest BCUT2D eigenvalue weighted by Gasteiger charge is -2.28. The number of nitriles is 1. The number of ketones is 1. The predicted molar refractivity (Wildman–Crippen MR) is 113 cm³/mol. The van der Waals surface area contributed by atoms with E-state index in [4.69, 9.17) is 19.5 Å². The van der Waals surface area contributed by atoms with Crippen molar-refractivity contribution >= 4 is 5.78 Å². The molecule has 164 valence electrons. The van der Waals surface area contributed by atoms with Crippen LogP contribution in [-0.4, -0.2) is 37.5 Å². The van der Waals surface area contributed by atoms with Gasteiger partial charge in [-0.25, -0.2) is 0 Å². The Balaban J connectivity index is 1.86. The molecule has 0 aromatic heterocycles. The van der Waals surface area contributed by atoms with E-state index in [0.29, 0.717) is 19.4 Å². The summed E-state index contributed by atoms with van der Waals surface area (Å²) in [5, 5.41) is 8.64. The minimum Gasteiger partial charge on any atom is -0.375 e. The molecule has 0 aromatic rings. The van der Waals surface area contributed by atoms with E-state index < -0.39 is 0 Å².